The summed E-state index contributed by atoms with van der Waals surface area (Å²) in [7, 11) is 0. The monoisotopic (exact) mass is 488 g/mol. The van der Waals surface area contributed by atoms with Crippen LogP contribution in [0, 0.1) is 20.8 Å². The maximum absolute atomic E-state index is 9.86. The van der Waals surface area contributed by atoms with Gasteiger partial charge >= 0.3 is 0 Å². The molecule has 0 bridgehead atoms. The molecule has 4 aromatic rings. The summed E-state index contributed by atoms with van der Waals surface area (Å²) in [5.41, 5.74) is 7.51. The van der Waals surface area contributed by atoms with Crippen LogP contribution in [-0.4, -0.2) is 19.8 Å². The smallest absolute Gasteiger partial charge is 0.174 e. The van der Waals surface area contributed by atoms with E-state index in [1.165, 1.54) is 11.1 Å². The Kier molecular flexibility index (Phi) is 5.80. The van der Waals surface area contributed by atoms with Crippen LogP contribution in [0.3, 0.4) is 0 Å². The van der Waals surface area contributed by atoms with Crippen molar-refractivity contribution < 1.29 is 5.11 Å². The molecule has 34 heavy (non-hydrogen) atoms. The third kappa shape index (κ3) is 3.73. The maximum Gasteiger partial charge on any atom is 0.174 e. The number of anilines is 1. The highest BCUT2D eigenvalue weighted by Crippen LogP contribution is 2.45. The largest absolute Gasteiger partial charge is 0.508 e. The Hall–Kier alpha value is -3.35. The summed E-state index contributed by atoms with van der Waals surface area (Å²) in [4.78, 5) is 6.79. The van der Waals surface area contributed by atoms with E-state index in [4.69, 9.17) is 23.8 Å². The molecule has 3 heterocycles. The van der Waals surface area contributed by atoms with E-state index in [1.807, 2.05) is 54.7 Å². The first-order chi connectivity index (χ1) is 16.4. The topological polar surface area (TPSA) is 53.3 Å². The number of phenolic OH excluding ortho intramolecular Hbond substituents is 1. The second-order valence-corrected chi connectivity index (χ2v) is 9.36. The first-order valence-electron chi connectivity index (χ1n) is 11.1. The van der Waals surface area contributed by atoms with Crippen LogP contribution in [0.25, 0.3) is 5.69 Å². The van der Waals surface area contributed by atoms with Gasteiger partial charge in [0.1, 0.15) is 5.75 Å². The Morgan fingerprint density at radius 1 is 0.941 bits per heavy atom. The standard InChI is InChI=1S/C27H25ClN4OS/c1-16-17(2)31(21-8-6-7-19(28)15-21)18(3)24(16)26-25(23-9-4-5-14-29-23)30-27(34)32(26)20-10-12-22(33)13-11-20/h4-15,25-26,33H,1-3H3,(H,30,34)/t25-,26+/m1/s1. The van der Waals surface area contributed by atoms with Crippen LogP contribution in [-0.2, 0) is 0 Å². The first kappa shape index (κ1) is 22.4. The number of thiocarbonyl (C=S) groups is 1. The molecule has 0 unspecified atom stereocenters. The Labute approximate surface area is 209 Å². The minimum Gasteiger partial charge on any atom is -0.508 e. The van der Waals surface area contributed by atoms with Gasteiger partial charge in [-0.1, -0.05) is 23.7 Å². The summed E-state index contributed by atoms with van der Waals surface area (Å²) in [5, 5.41) is 14.7. The van der Waals surface area contributed by atoms with Crippen LogP contribution >= 0.6 is 23.8 Å². The van der Waals surface area contributed by atoms with Crippen LogP contribution in [0.4, 0.5) is 5.69 Å². The molecule has 0 saturated carbocycles. The van der Waals surface area contributed by atoms with Crippen molar-refractivity contribution in [2.45, 2.75) is 32.9 Å². The molecule has 5 rings (SSSR count). The summed E-state index contributed by atoms with van der Waals surface area (Å²) in [5.74, 6) is 0.218. The van der Waals surface area contributed by atoms with Crippen molar-refractivity contribution >= 4 is 34.6 Å². The number of pyridine rings is 1. The van der Waals surface area contributed by atoms with Crippen molar-refractivity contribution in [1.29, 1.82) is 0 Å². The number of benzene rings is 2. The van der Waals surface area contributed by atoms with Crippen molar-refractivity contribution in [3.05, 3.63) is 106 Å². The van der Waals surface area contributed by atoms with E-state index in [1.54, 1.807) is 12.1 Å². The van der Waals surface area contributed by atoms with Crippen molar-refractivity contribution in [2.24, 2.45) is 0 Å². The number of rotatable bonds is 4. The molecule has 1 aliphatic rings. The van der Waals surface area contributed by atoms with Crippen LogP contribution in [0.5, 0.6) is 5.75 Å². The summed E-state index contributed by atoms with van der Waals surface area (Å²) in [6.45, 7) is 6.43. The molecule has 0 aliphatic carbocycles. The fourth-order valence-corrected chi connectivity index (χ4v) is 5.51. The zero-order chi connectivity index (χ0) is 24.0. The Bertz CT molecular complexity index is 1370. The molecule has 2 atom stereocenters. The van der Waals surface area contributed by atoms with Crippen LogP contribution in [0.2, 0.25) is 5.02 Å². The Morgan fingerprint density at radius 2 is 1.71 bits per heavy atom. The number of aromatic nitrogens is 2. The van der Waals surface area contributed by atoms with Gasteiger partial charge in [0.2, 0.25) is 0 Å². The van der Waals surface area contributed by atoms with Gasteiger partial charge in [-0.2, -0.15) is 0 Å². The SMILES string of the molecule is Cc1c([C@H]2[C@@H](c3ccccn3)NC(=S)N2c2ccc(O)cc2)c(C)n(-c2cccc(Cl)c2)c1C. The summed E-state index contributed by atoms with van der Waals surface area (Å²) in [6, 6.07) is 20.7. The second-order valence-electron chi connectivity index (χ2n) is 8.54. The van der Waals surface area contributed by atoms with E-state index >= 15 is 0 Å². The third-order valence-electron chi connectivity index (χ3n) is 6.60. The molecule has 1 fully saturated rings. The maximum atomic E-state index is 9.86. The van der Waals surface area contributed by atoms with Gasteiger partial charge in [-0.25, -0.2) is 0 Å². The predicted molar refractivity (Wildman–Crippen MR) is 141 cm³/mol. The van der Waals surface area contributed by atoms with Gasteiger partial charge in [0.05, 0.1) is 17.8 Å². The zero-order valence-corrected chi connectivity index (χ0v) is 20.7. The lowest BCUT2D eigenvalue weighted by molar-refractivity contribution is 0.475. The molecule has 1 aliphatic heterocycles. The highest BCUT2D eigenvalue weighted by atomic mass is 35.5. The van der Waals surface area contributed by atoms with E-state index in [9.17, 15) is 5.11 Å². The molecule has 1 saturated heterocycles. The number of nitrogens with one attached hydrogen (secondary N) is 1. The Morgan fingerprint density at radius 3 is 2.38 bits per heavy atom. The third-order valence-corrected chi connectivity index (χ3v) is 7.15. The number of halogens is 1. The molecule has 0 spiro atoms. The number of aromatic hydroxyl groups is 1. The van der Waals surface area contributed by atoms with Gasteiger partial charge in [-0.3, -0.25) is 4.98 Å². The van der Waals surface area contributed by atoms with Gasteiger partial charge in [-0.15, -0.1) is 0 Å². The van der Waals surface area contributed by atoms with Gasteiger partial charge in [0.15, 0.2) is 5.11 Å². The summed E-state index contributed by atoms with van der Waals surface area (Å²) < 4.78 is 2.25. The molecule has 5 nitrogen and oxygen atoms in total. The molecule has 7 heteroatoms. The molecular formula is C27H25ClN4OS. The van der Waals surface area contributed by atoms with Gasteiger partial charge in [-0.05, 0) is 93.1 Å². The van der Waals surface area contributed by atoms with Gasteiger partial charge in [0, 0.05) is 39.5 Å². The van der Waals surface area contributed by atoms with Crippen molar-refractivity contribution in [3.8, 4) is 11.4 Å². The normalized spacial score (nSPS) is 17.8. The van der Waals surface area contributed by atoms with Crippen molar-refractivity contribution in [3.63, 3.8) is 0 Å². The fourth-order valence-electron chi connectivity index (χ4n) is 4.98. The van der Waals surface area contributed by atoms with E-state index < -0.39 is 0 Å². The highest BCUT2D eigenvalue weighted by Gasteiger charge is 2.43. The van der Waals surface area contributed by atoms with Gasteiger partial charge in [0.25, 0.3) is 0 Å². The first-order valence-corrected chi connectivity index (χ1v) is 11.9. The van der Waals surface area contributed by atoms with E-state index in [2.05, 4.69) is 46.6 Å². The second kappa shape index (κ2) is 8.78. The molecule has 0 radical (unpaired) electrons. The van der Waals surface area contributed by atoms with Crippen molar-refractivity contribution in [2.75, 3.05) is 4.90 Å². The van der Waals surface area contributed by atoms with Crippen LogP contribution in [0.15, 0.2) is 72.9 Å². The van der Waals surface area contributed by atoms with Crippen LogP contribution < -0.4 is 10.2 Å². The fraction of sp³-hybridized carbons (Fsp3) is 0.185. The molecule has 172 valence electrons. The Balaban J connectivity index is 1.73. The number of nitrogens with zero attached hydrogens (tertiary/aromatic N) is 3. The minimum atomic E-state index is -0.144. The van der Waals surface area contributed by atoms with Crippen molar-refractivity contribution in [1.82, 2.24) is 14.9 Å². The molecule has 2 aromatic heterocycles. The molecule has 2 N–H and O–H groups in total. The zero-order valence-electron chi connectivity index (χ0n) is 19.2. The average molecular weight is 489 g/mol. The predicted octanol–water partition coefficient (Wildman–Crippen LogP) is 6.33. The average Bonchev–Trinajstić information content (AvgIpc) is 3.27. The van der Waals surface area contributed by atoms with Crippen LogP contribution in [0.1, 0.15) is 40.3 Å². The summed E-state index contributed by atoms with van der Waals surface area (Å²) >= 11 is 12.2. The van der Waals surface area contributed by atoms with Gasteiger partial charge < -0.3 is 19.9 Å². The minimum absolute atomic E-state index is 0.133. The number of hydrogen-bond donors (Lipinski definition) is 2. The lowest BCUT2D eigenvalue weighted by atomic mass is 9.93. The number of phenols is 1. The molecule has 0 amide bonds. The highest BCUT2D eigenvalue weighted by molar-refractivity contribution is 7.80. The summed E-state index contributed by atoms with van der Waals surface area (Å²) in [6.07, 6.45) is 1.81. The van der Waals surface area contributed by atoms with E-state index in [0.29, 0.717) is 10.1 Å². The van der Waals surface area contributed by atoms with E-state index in [-0.39, 0.29) is 17.8 Å². The number of hydrogen-bond acceptors (Lipinski definition) is 3. The lowest BCUT2D eigenvalue weighted by Gasteiger charge is -2.29. The molecule has 2 aromatic carbocycles. The van der Waals surface area contributed by atoms with E-state index in [0.717, 1.165) is 28.5 Å². The quantitative estimate of drug-likeness (QED) is 0.328. The molecular weight excluding hydrogens is 464 g/mol. The lowest BCUT2D eigenvalue weighted by Crippen LogP contribution is -2.29.